The van der Waals surface area contributed by atoms with Crippen LogP contribution in [0.3, 0.4) is 0 Å². The molecule has 0 amide bonds. The standard InChI is InChI=1S/C15H22N2O4S/c18-15(19)6-3-9-17-22(20,21)14-5-2-1-4-13(14)12-7-10-16-11-8-12/h1-2,4-5,12,16-17H,3,6-11H2,(H,18,19). The summed E-state index contributed by atoms with van der Waals surface area (Å²) < 4.78 is 27.4. The number of nitrogens with one attached hydrogen (secondary N) is 2. The zero-order chi connectivity index (χ0) is 16.0. The largest absolute Gasteiger partial charge is 0.481 e. The summed E-state index contributed by atoms with van der Waals surface area (Å²) in [4.78, 5) is 10.8. The molecule has 0 aromatic heterocycles. The minimum absolute atomic E-state index is 0.0432. The maximum absolute atomic E-state index is 12.5. The molecular weight excluding hydrogens is 304 g/mol. The number of aliphatic carboxylic acids is 1. The summed E-state index contributed by atoms with van der Waals surface area (Å²) in [6.45, 7) is 1.92. The highest BCUT2D eigenvalue weighted by Gasteiger charge is 2.24. The highest BCUT2D eigenvalue weighted by Crippen LogP contribution is 2.30. The topological polar surface area (TPSA) is 95.5 Å². The Kier molecular flexibility index (Phi) is 5.93. The van der Waals surface area contributed by atoms with Crippen molar-refractivity contribution in [2.24, 2.45) is 0 Å². The van der Waals surface area contributed by atoms with Crippen LogP contribution in [0.1, 0.15) is 37.2 Å². The van der Waals surface area contributed by atoms with E-state index in [1.165, 1.54) is 0 Å². The molecule has 7 heteroatoms. The smallest absolute Gasteiger partial charge is 0.303 e. The van der Waals surface area contributed by atoms with Crippen LogP contribution in [-0.4, -0.2) is 39.1 Å². The van der Waals surface area contributed by atoms with Crippen molar-refractivity contribution in [1.29, 1.82) is 0 Å². The summed E-state index contributed by atoms with van der Waals surface area (Å²) in [5.74, 6) is -0.678. The molecule has 0 aliphatic carbocycles. The van der Waals surface area contributed by atoms with Crippen LogP contribution in [0.15, 0.2) is 29.2 Å². The van der Waals surface area contributed by atoms with Crippen LogP contribution in [0.5, 0.6) is 0 Å². The SMILES string of the molecule is O=C(O)CCCNS(=O)(=O)c1ccccc1C1CCNCC1. The number of hydrogen-bond acceptors (Lipinski definition) is 4. The Morgan fingerprint density at radius 3 is 2.64 bits per heavy atom. The third-order valence-corrected chi connectivity index (χ3v) is 5.38. The van der Waals surface area contributed by atoms with Gasteiger partial charge in [0.2, 0.25) is 10.0 Å². The molecule has 1 aromatic carbocycles. The fraction of sp³-hybridized carbons (Fsp3) is 0.533. The van der Waals surface area contributed by atoms with Crippen LogP contribution >= 0.6 is 0 Å². The Labute approximate surface area is 131 Å². The number of sulfonamides is 1. The molecule has 0 atom stereocenters. The average Bonchev–Trinajstić information content (AvgIpc) is 2.52. The third-order valence-electron chi connectivity index (χ3n) is 3.85. The van der Waals surface area contributed by atoms with Crippen molar-refractivity contribution in [2.75, 3.05) is 19.6 Å². The van der Waals surface area contributed by atoms with Crippen LogP contribution in [0.2, 0.25) is 0 Å². The van der Waals surface area contributed by atoms with E-state index in [1.807, 2.05) is 12.1 Å². The van der Waals surface area contributed by atoms with Crippen LogP contribution in [0, 0.1) is 0 Å². The Balaban J connectivity index is 2.11. The first-order chi connectivity index (χ1) is 10.5. The van der Waals surface area contributed by atoms with Gasteiger partial charge in [-0.25, -0.2) is 13.1 Å². The van der Waals surface area contributed by atoms with Gasteiger partial charge in [0.1, 0.15) is 0 Å². The summed E-state index contributed by atoms with van der Waals surface area (Å²) >= 11 is 0. The van der Waals surface area contributed by atoms with Gasteiger partial charge in [0.05, 0.1) is 4.90 Å². The van der Waals surface area contributed by atoms with Crippen LogP contribution in [0.25, 0.3) is 0 Å². The highest BCUT2D eigenvalue weighted by molar-refractivity contribution is 7.89. The zero-order valence-electron chi connectivity index (χ0n) is 12.4. The van der Waals surface area contributed by atoms with Crippen LogP contribution in [-0.2, 0) is 14.8 Å². The summed E-state index contributed by atoms with van der Waals surface area (Å²) in [5.41, 5.74) is 0.856. The molecule has 2 rings (SSSR count). The summed E-state index contributed by atoms with van der Waals surface area (Å²) in [5, 5.41) is 11.9. The van der Waals surface area contributed by atoms with E-state index in [0.29, 0.717) is 4.90 Å². The lowest BCUT2D eigenvalue weighted by atomic mass is 9.90. The van der Waals surface area contributed by atoms with E-state index in [4.69, 9.17) is 5.11 Å². The van der Waals surface area contributed by atoms with Gasteiger partial charge >= 0.3 is 5.97 Å². The number of benzene rings is 1. The van der Waals surface area contributed by atoms with Gasteiger partial charge < -0.3 is 10.4 Å². The molecule has 1 heterocycles. The molecule has 1 saturated heterocycles. The minimum Gasteiger partial charge on any atom is -0.481 e. The van der Waals surface area contributed by atoms with Gasteiger partial charge in [-0.15, -0.1) is 0 Å². The van der Waals surface area contributed by atoms with E-state index in [-0.39, 0.29) is 25.3 Å². The van der Waals surface area contributed by atoms with E-state index in [2.05, 4.69) is 10.0 Å². The molecule has 0 saturated carbocycles. The molecule has 22 heavy (non-hydrogen) atoms. The number of carboxylic acid groups (broad SMARTS) is 1. The normalized spacial score (nSPS) is 16.5. The second-order valence-corrected chi connectivity index (χ2v) is 7.19. The summed E-state index contributed by atoms with van der Waals surface area (Å²) in [6.07, 6.45) is 2.08. The van der Waals surface area contributed by atoms with Gasteiger partial charge in [-0.2, -0.15) is 0 Å². The Hall–Kier alpha value is -1.44. The van der Waals surface area contributed by atoms with Crippen molar-refractivity contribution in [3.63, 3.8) is 0 Å². The second kappa shape index (κ2) is 7.71. The average molecular weight is 326 g/mol. The van der Waals surface area contributed by atoms with E-state index < -0.39 is 16.0 Å². The van der Waals surface area contributed by atoms with Crippen molar-refractivity contribution < 1.29 is 18.3 Å². The van der Waals surface area contributed by atoms with Crippen molar-refractivity contribution in [3.8, 4) is 0 Å². The lowest BCUT2D eigenvalue weighted by molar-refractivity contribution is -0.137. The van der Waals surface area contributed by atoms with Crippen LogP contribution in [0.4, 0.5) is 0 Å². The molecule has 0 radical (unpaired) electrons. The summed E-state index contributed by atoms with van der Waals surface area (Å²) in [6, 6.07) is 7.08. The fourth-order valence-corrected chi connectivity index (χ4v) is 4.09. The van der Waals surface area contributed by atoms with Crippen LogP contribution < -0.4 is 10.0 Å². The molecule has 3 N–H and O–H groups in total. The molecule has 122 valence electrons. The zero-order valence-corrected chi connectivity index (χ0v) is 13.2. The van der Waals surface area contributed by atoms with Gasteiger partial charge in [-0.1, -0.05) is 18.2 Å². The van der Waals surface area contributed by atoms with E-state index >= 15 is 0 Å². The maximum Gasteiger partial charge on any atom is 0.303 e. The first-order valence-corrected chi connectivity index (χ1v) is 9.00. The van der Waals surface area contributed by atoms with Crippen molar-refractivity contribution >= 4 is 16.0 Å². The molecular formula is C15H22N2O4S. The van der Waals surface area contributed by atoms with Gasteiger partial charge in [-0.05, 0) is 49.9 Å². The number of hydrogen-bond donors (Lipinski definition) is 3. The van der Waals surface area contributed by atoms with Crippen molar-refractivity contribution in [1.82, 2.24) is 10.0 Å². The first-order valence-electron chi connectivity index (χ1n) is 7.52. The predicted octanol–water partition coefficient (Wildman–Crippen LogP) is 1.30. The molecule has 1 aromatic rings. The van der Waals surface area contributed by atoms with E-state index in [0.717, 1.165) is 31.5 Å². The first kappa shape index (κ1) is 16.9. The van der Waals surface area contributed by atoms with E-state index in [9.17, 15) is 13.2 Å². The Morgan fingerprint density at radius 2 is 1.95 bits per heavy atom. The fourth-order valence-electron chi connectivity index (χ4n) is 2.72. The lowest BCUT2D eigenvalue weighted by Gasteiger charge is -2.25. The number of rotatable bonds is 7. The quantitative estimate of drug-likeness (QED) is 0.656. The molecule has 0 unspecified atom stereocenters. The van der Waals surface area contributed by atoms with E-state index in [1.54, 1.807) is 12.1 Å². The van der Waals surface area contributed by atoms with Crippen molar-refractivity contribution in [2.45, 2.75) is 36.5 Å². The van der Waals surface area contributed by atoms with Gasteiger partial charge in [-0.3, -0.25) is 4.79 Å². The number of carboxylic acids is 1. The minimum atomic E-state index is -3.60. The molecule has 6 nitrogen and oxygen atoms in total. The highest BCUT2D eigenvalue weighted by atomic mass is 32.2. The maximum atomic E-state index is 12.5. The number of piperidine rings is 1. The number of carbonyl (C=O) groups is 1. The van der Waals surface area contributed by atoms with Crippen molar-refractivity contribution in [3.05, 3.63) is 29.8 Å². The Bertz CT molecular complexity index is 610. The molecule has 1 aliphatic rings. The summed E-state index contributed by atoms with van der Waals surface area (Å²) in [7, 11) is -3.60. The molecule has 1 aliphatic heterocycles. The monoisotopic (exact) mass is 326 g/mol. The molecule has 0 spiro atoms. The predicted molar refractivity (Wildman–Crippen MR) is 83.3 cm³/mol. The second-order valence-electron chi connectivity index (χ2n) is 5.46. The third kappa shape index (κ3) is 4.53. The van der Waals surface area contributed by atoms with Gasteiger partial charge in [0, 0.05) is 13.0 Å². The Morgan fingerprint density at radius 1 is 1.27 bits per heavy atom. The van der Waals surface area contributed by atoms with Gasteiger partial charge in [0.25, 0.3) is 0 Å². The lowest BCUT2D eigenvalue weighted by Crippen LogP contribution is -2.30. The molecule has 0 bridgehead atoms. The van der Waals surface area contributed by atoms with Gasteiger partial charge in [0.15, 0.2) is 0 Å². The molecule has 1 fully saturated rings.